The van der Waals surface area contributed by atoms with Gasteiger partial charge in [-0.3, -0.25) is 4.98 Å². The lowest BCUT2D eigenvalue weighted by molar-refractivity contribution is 0.322. The fourth-order valence-electron chi connectivity index (χ4n) is 3.46. The summed E-state index contributed by atoms with van der Waals surface area (Å²) in [6, 6.07) is 14.3. The number of anilines is 1. The van der Waals surface area contributed by atoms with Crippen molar-refractivity contribution in [1.82, 2.24) is 9.71 Å². The highest BCUT2D eigenvalue weighted by Gasteiger charge is 2.32. The molecule has 1 fully saturated rings. The van der Waals surface area contributed by atoms with Crippen molar-refractivity contribution < 1.29 is 8.42 Å². The van der Waals surface area contributed by atoms with E-state index in [0.29, 0.717) is 5.92 Å². The summed E-state index contributed by atoms with van der Waals surface area (Å²) >= 11 is 0. The van der Waals surface area contributed by atoms with Crippen LogP contribution in [0.3, 0.4) is 0 Å². The zero-order valence-electron chi connectivity index (χ0n) is 17.8. The van der Waals surface area contributed by atoms with E-state index >= 15 is 0 Å². The number of pyridine rings is 1. The molecule has 0 unspecified atom stereocenters. The Morgan fingerprint density at radius 1 is 1.00 bits per heavy atom. The molecule has 0 amide bonds. The summed E-state index contributed by atoms with van der Waals surface area (Å²) in [5.41, 5.74) is 3.17. The summed E-state index contributed by atoms with van der Waals surface area (Å²) in [4.78, 5) is 4.41. The van der Waals surface area contributed by atoms with Crippen molar-refractivity contribution in [2.75, 3.05) is 11.9 Å². The van der Waals surface area contributed by atoms with Gasteiger partial charge in [0, 0.05) is 30.0 Å². The normalized spacial score (nSPS) is 19.3. The van der Waals surface area contributed by atoms with Crippen molar-refractivity contribution in [1.29, 1.82) is 0 Å². The van der Waals surface area contributed by atoms with Crippen LogP contribution in [-0.2, 0) is 10.0 Å². The molecule has 0 bridgehead atoms. The van der Waals surface area contributed by atoms with Crippen LogP contribution in [0.2, 0.25) is 0 Å². The Kier molecular flexibility index (Phi) is 10.1. The highest BCUT2D eigenvalue weighted by atomic mass is 35.5. The number of nitrogens with zero attached hydrogens (tertiary/aromatic N) is 1. The number of nitrogens with one attached hydrogen (secondary N) is 2. The van der Waals surface area contributed by atoms with Crippen LogP contribution >= 0.6 is 24.8 Å². The lowest BCUT2D eigenvalue weighted by Gasteiger charge is -2.31. The average Bonchev–Trinajstić information content (AvgIpc) is 2.67. The van der Waals surface area contributed by atoms with E-state index in [1.165, 1.54) is 0 Å². The maximum atomic E-state index is 12.3. The second-order valence-electron chi connectivity index (χ2n) is 8.63. The summed E-state index contributed by atoms with van der Waals surface area (Å²) in [6.07, 6.45) is 5.67. The molecule has 1 aliphatic carbocycles. The van der Waals surface area contributed by atoms with E-state index in [-0.39, 0.29) is 30.9 Å². The third-order valence-electron chi connectivity index (χ3n) is 5.39. The zero-order valence-corrected chi connectivity index (χ0v) is 20.2. The van der Waals surface area contributed by atoms with Gasteiger partial charge in [-0.05, 0) is 76.6 Å². The summed E-state index contributed by atoms with van der Waals surface area (Å²) < 4.78 is 26.8. The van der Waals surface area contributed by atoms with E-state index < -0.39 is 14.8 Å². The Morgan fingerprint density at radius 3 is 2.30 bits per heavy atom. The molecular weight excluding hydrogens is 441 g/mol. The van der Waals surface area contributed by atoms with Gasteiger partial charge in [0.25, 0.3) is 0 Å². The van der Waals surface area contributed by atoms with Crippen LogP contribution in [0.15, 0.2) is 48.7 Å². The number of sulfonamides is 1. The van der Waals surface area contributed by atoms with Gasteiger partial charge in [-0.1, -0.05) is 18.2 Å². The number of hydrogen-bond donors (Lipinski definition) is 2. The summed E-state index contributed by atoms with van der Waals surface area (Å²) in [5.74, 6) is 0.564. The van der Waals surface area contributed by atoms with Crippen LogP contribution in [0.5, 0.6) is 0 Å². The molecule has 1 aromatic carbocycles. The third kappa shape index (κ3) is 7.12. The van der Waals surface area contributed by atoms with Gasteiger partial charge in [-0.15, -0.1) is 24.8 Å². The summed E-state index contributed by atoms with van der Waals surface area (Å²) in [7, 11) is -3.27. The van der Waals surface area contributed by atoms with Crippen molar-refractivity contribution >= 4 is 40.5 Å². The molecule has 30 heavy (non-hydrogen) atoms. The van der Waals surface area contributed by atoms with E-state index in [2.05, 4.69) is 33.2 Å². The van der Waals surface area contributed by atoms with Crippen molar-refractivity contribution in [3.8, 4) is 11.3 Å². The van der Waals surface area contributed by atoms with Gasteiger partial charge in [0.15, 0.2) is 0 Å². The van der Waals surface area contributed by atoms with Crippen molar-refractivity contribution in [2.24, 2.45) is 5.92 Å². The predicted octanol–water partition coefficient (Wildman–Crippen LogP) is 5.28. The Morgan fingerprint density at radius 2 is 1.70 bits per heavy atom. The predicted molar refractivity (Wildman–Crippen MR) is 130 cm³/mol. The molecule has 3 rings (SSSR count). The molecule has 1 saturated carbocycles. The molecule has 1 aliphatic rings. The maximum Gasteiger partial charge on any atom is 0.216 e. The number of halogens is 2. The van der Waals surface area contributed by atoms with Crippen molar-refractivity contribution in [3.05, 3.63) is 48.7 Å². The lowest BCUT2D eigenvalue weighted by Crippen LogP contribution is -2.46. The first kappa shape index (κ1) is 26.7. The topological polar surface area (TPSA) is 71.1 Å². The third-order valence-corrected chi connectivity index (χ3v) is 7.65. The Balaban J connectivity index is 0.00000225. The number of rotatable bonds is 6. The number of benzene rings is 1. The Bertz CT molecular complexity index is 879. The first-order chi connectivity index (χ1) is 13.2. The molecule has 0 radical (unpaired) electrons. The Labute approximate surface area is 193 Å². The lowest BCUT2D eigenvalue weighted by atomic mass is 9.86. The van der Waals surface area contributed by atoms with E-state index in [4.69, 9.17) is 0 Å². The van der Waals surface area contributed by atoms with E-state index in [9.17, 15) is 8.42 Å². The smallest absolute Gasteiger partial charge is 0.216 e. The molecule has 0 spiro atoms. The van der Waals surface area contributed by atoms with Gasteiger partial charge >= 0.3 is 0 Å². The van der Waals surface area contributed by atoms with Crippen LogP contribution in [0.4, 0.5) is 5.69 Å². The number of hydrogen-bond acceptors (Lipinski definition) is 4. The Hall–Kier alpha value is -1.34. The van der Waals surface area contributed by atoms with Gasteiger partial charge in [-0.2, -0.15) is 0 Å². The highest BCUT2D eigenvalue weighted by Crippen LogP contribution is 2.27. The minimum absolute atomic E-state index is 0. The molecule has 0 saturated heterocycles. The van der Waals surface area contributed by atoms with Crippen LogP contribution in [0.25, 0.3) is 11.3 Å². The number of aromatic nitrogens is 1. The standard InChI is InChI=1S/C22H31N3O2S.2ClH/c1-22(2,3)28(26,27)25-19-12-10-17(11-13-19)16-24-20-8-6-7-18(15-20)21-9-4-5-14-23-21;;/h4-9,14-15,17,19,24-25H,10-13,16H2,1-3H3;2*1H. The second-order valence-corrected chi connectivity index (χ2v) is 11.1. The molecule has 5 nitrogen and oxygen atoms in total. The first-order valence-electron chi connectivity index (χ1n) is 10.0. The summed E-state index contributed by atoms with van der Waals surface area (Å²) in [5, 5.41) is 3.55. The molecular formula is C22H33Cl2N3O2S. The molecule has 2 aromatic rings. The van der Waals surface area contributed by atoms with Crippen molar-refractivity contribution in [2.45, 2.75) is 57.2 Å². The minimum Gasteiger partial charge on any atom is -0.385 e. The highest BCUT2D eigenvalue weighted by molar-refractivity contribution is 7.90. The molecule has 1 heterocycles. The maximum absolute atomic E-state index is 12.3. The van der Waals surface area contributed by atoms with Gasteiger partial charge < -0.3 is 5.32 Å². The SMILES string of the molecule is CC(C)(C)S(=O)(=O)NC1CCC(CNc2cccc(-c3ccccn3)c2)CC1.Cl.Cl. The quantitative estimate of drug-likeness (QED) is 0.598. The molecule has 8 heteroatoms. The average molecular weight is 474 g/mol. The molecule has 0 aliphatic heterocycles. The van der Waals surface area contributed by atoms with Crippen LogP contribution < -0.4 is 10.0 Å². The molecule has 2 N–H and O–H groups in total. The summed E-state index contributed by atoms with van der Waals surface area (Å²) in [6.45, 7) is 6.13. The van der Waals surface area contributed by atoms with Gasteiger partial charge in [0.2, 0.25) is 10.0 Å². The van der Waals surface area contributed by atoms with Crippen LogP contribution in [0, 0.1) is 5.92 Å². The van der Waals surface area contributed by atoms with Gasteiger partial charge in [0.05, 0.1) is 10.4 Å². The fourth-order valence-corrected chi connectivity index (χ4v) is 4.49. The van der Waals surface area contributed by atoms with Crippen LogP contribution in [0.1, 0.15) is 46.5 Å². The van der Waals surface area contributed by atoms with E-state index in [1.807, 2.05) is 30.5 Å². The van der Waals surface area contributed by atoms with E-state index in [1.54, 1.807) is 20.8 Å². The molecule has 0 atom stereocenters. The molecule has 168 valence electrons. The fraction of sp³-hybridized carbons (Fsp3) is 0.500. The first-order valence-corrected chi connectivity index (χ1v) is 11.5. The monoisotopic (exact) mass is 473 g/mol. The van der Waals surface area contributed by atoms with Gasteiger partial charge in [0.1, 0.15) is 0 Å². The van der Waals surface area contributed by atoms with Gasteiger partial charge in [-0.25, -0.2) is 13.1 Å². The largest absolute Gasteiger partial charge is 0.385 e. The molecule has 1 aromatic heterocycles. The minimum atomic E-state index is -3.27. The zero-order chi connectivity index (χ0) is 20.2. The van der Waals surface area contributed by atoms with E-state index in [0.717, 1.165) is 49.2 Å². The van der Waals surface area contributed by atoms with Crippen molar-refractivity contribution in [3.63, 3.8) is 0 Å². The second kappa shape index (κ2) is 11.3. The van der Waals surface area contributed by atoms with Crippen LogP contribution in [-0.4, -0.2) is 30.7 Å².